The number of rotatable bonds is 4. The SMILES string of the molecule is Cn1c2c(c(=O)n(C)c1=O)N(Cc1ncco1)C(N1CCC3CNCC31)N2OC(=O)C(F)(F)F. The second-order valence-electron chi connectivity index (χ2n) is 8.49. The van der Waals surface area contributed by atoms with Gasteiger partial charge in [0.25, 0.3) is 5.56 Å². The van der Waals surface area contributed by atoms with Gasteiger partial charge >= 0.3 is 17.8 Å². The topological polar surface area (TPSA) is 118 Å². The maximum absolute atomic E-state index is 13.2. The Bertz CT molecular complexity index is 1220. The molecule has 34 heavy (non-hydrogen) atoms. The highest BCUT2D eigenvalue weighted by atomic mass is 19.4. The summed E-state index contributed by atoms with van der Waals surface area (Å²) < 4.78 is 46.8. The van der Waals surface area contributed by atoms with Crippen LogP contribution in [0.25, 0.3) is 0 Å². The number of hydrogen-bond donors (Lipinski definition) is 1. The quantitative estimate of drug-likeness (QED) is 0.607. The van der Waals surface area contributed by atoms with Crippen LogP contribution in [-0.4, -0.2) is 63.1 Å². The summed E-state index contributed by atoms with van der Waals surface area (Å²) >= 11 is 0. The van der Waals surface area contributed by atoms with Gasteiger partial charge in [0.15, 0.2) is 17.8 Å². The minimum absolute atomic E-state index is 0.0839. The van der Waals surface area contributed by atoms with E-state index in [2.05, 4.69) is 10.3 Å². The standard InChI is InChI=1S/C19H22F3N7O5/c1-25-14-13(15(30)26(2)18(25)32)28(9-12-24-4-6-33-12)17(29(14)34-16(31)19(20,21)22)27-5-3-10-7-23-8-11(10)27/h4,6,10-11,17,23H,3,5,7-9H2,1-2H3. The Morgan fingerprint density at radius 2 is 2.03 bits per heavy atom. The third-order valence-corrected chi connectivity index (χ3v) is 6.58. The number of nitrogens with one attached hydrogen (secondary N) is 1. The van der Waals surface area contributed by atoms with Crippen molar-refractivity contribution in [3.63, 3.8) is 0 Å². The number of nitrogens with zero attached hydrogens (tertiary/aromatic N) is 6. The molecule has 2 saturated heterocycles. The number of hydrogen-bond acceptors (Lipinski definition) is 10. The molecule has 0 amide bonds. The average molecular weight is 485 g/mol. The van der Waals surface area contributed by atoms with E-state index in [-0.39, 0.29) is 35.9 Å². The molecule has 3 aliphatic rings. The van der Waals surface area contributed by atoms with Gasteiger partial charge in [0.1, 0.15) is 6.26 Å². The molecule has 15 heteroatoms. The molecule has 1 N–H and O–H groups in total. The maximum atomic E-state index is 13.2. The van der Waals surface area contributed by atoms with E-state index in [9.17, 15) is 27.6 Å². The van der Waals surface area contributed by atoms with Crippen LogP contribution in [0.2, 0.25) is 0 Å². The third kappa shape index (κ3) is 3.37. The number of carbonyl (C=O) groups excluding carboxylic acids is 1. The molecule has 0 aliphatic carbocycles. The number of oxazole rings is 1. The van der Waals surface area contributed by atoms with Crippen LogP contribution in [0.5, 0.6) is 0 Å². The van der Waals surface area contributed by atoms with Crippen molar-refractivity contribution < 1.29 is 27.2 Å². The molecule has 0 aromatic carbocycles. The van der Waals surface area contributed by atoms with Crippen molar-refractivity contribution in [2.75, 3.05) is 29.6 Å². The zero-order chi connectivity index (χ0) is 24.4. The molecule has 3 atom stereocenters. The fourth-order valence-electron chi connectivity index (χ4n) is 5.02. The Morgan fingerprint density at radius 1 is 1.26 bits per heavy atom. The van der Waals surface area contributed by atoms with Crippen molar-refractivity contribution in [2.45, 2.75) is 31.5 Å². The van der Waals surface area contributed by atoms with Crippen molar-refractivity contribution in [1.82, 2.24) is 24.3 Å². The van der Waals surface area contributed by atoms with Crippen LogP contribution in [0.1, 0.15) is 12.3 Å². The summed E-state index contributed by atoms with van der Waals surface area (Å²) in [6.45, 7) is 1.68. The van der Waals surface area contributed by atoms with Gasteiger partial charge in [-0.05, 0) is 18.9 Å². The average Bonchev–Trinajstić information content (AvgIpc) is 3.55. The molecule has 3 aliphatic heterocycles. The molecule has 12 nitrogen and oxygen atoms in total. The second-order valence-corrected chi connectivity index (χ2v) is 8.49. The lowest BCUT2D eigenvalue weighted by Crippen LogP contribution is -2.59. The van der Waals surface area contributed by atoms with Crippen LogP contribution in [0.15, 0.2) is 26.5 Å². The Morgan fingerprint density at radius 3 is 2.71 bits per heavy atom. The highest BCUT2D eigenvalue weighted by Crippen LogP contribution is 2.42. The number of likely N-dealkylation sites (tertiary alicyclic amines) is 1. The van der Waals surface area contributed by atoms with Gasteiger partial charge in [-0.3, -0.25) is 18.8 Å². The summed E-state index contributed by atoms with van der Waals surface area (Å²) in [4.78, 5) is 50.1. The number of alkyl halides is 3. The zero-order valence-corrected chi connectivity index (χ0v) is 18.3. The van der Waals surface area contributed by atoms with Gasteiger partial charge in [0.2, 0.25) is 5.89 Å². The first-order chi connectivity index (χ1) is 16.1. The summed E-state index contributed by atoms with van der Waals surface area (Å²) in [5.41, 5.74) is -1.63. The Hall–Kier alpha value is -3.33. The number of fused-ring (bicyclic) bond motifs is 2. The summed E-state index contributed by atoms with van der Waals surface area (Å²) in [6.07, 6.45) is -2.94. The Labute approximate surface area is 190 Å². The lowest BCUT2D eigenvalue weighted by molar-refractivity contribution is -0.203. The van der Waals surface area contributed by atoms with Crippen LogP contribution < -0.4 is 26.5 Å². The van der Waals surface area contributed by atoms with E-state index in [0.717, 1.165) is 27.2 Å². The Balaban J connectivity index is 1.70. The van der Waals surface area contributed by atoms with E-state index in [1.54, 1.807) is 0 Å². The van der Waals surface area contributed by atoms with E-state index in [1.807, 2.05) is 4.90 Å². The predicted molar refractivity (Wildman–Crippen MR) is 109 cm³/mol. The molecule has 0 bridgehead atoms. The summed E-state index contributed by atoms with van der Waals surface area (Å²) in [6, 6.07) is -0.0839. The molecule has 184 valence electrons. The molecule has 3 unspecified atom stereocenters. The molecule has 0 saturated carbocycles. The molecule has 2 aromatic heterocycles. The van der Waals surface area contributed by atoms with Crippen molar-refractivity contribution in [2.24, 2.45) is 20.0 Å². The highest BCUT2D eigenvalue weighted by Gasteiger charge is 2.54. The summed E-state index contributed by atoms with van der Waals surface area (Å²) in [5, 5.41) is 3.98. The van der Waals surface area contributed by atoms with Gasteiger partial charge in [0.05, 0.1) is 12.7 Å². The minimum atomic E-state index is -5.29. The van der Waals surface area contributed by atoms with Gasteiger partial charge in [-0.2, -0.15) is 13.2 Å². The predicted octanol–water partition coefficient (Wildman–Crippen LogP) is -0.504. The van der Waals surface area contributed by atoms with E-state index in [4.69, 9.17) is 9.25 Å². The third-order valence-electron chi connectivity index (χ3n) is 6.58. The van der Waals surface area contributed by atoms with Gasteiger partial charge < -0.3 is 19.5 Å². The van der Waals surface area contributed by atoms with Crippen LogP contribution in [0.4, 0.5) is 24.7 Å². The van der Waals surface area contributed by atoms with Crippen molar-refractivity contribution in [3.8, 4) is 0 Å². The zero-order valence-electron chi connectivity index (χ0n) is 18.3. The highest BCUT2D eigenvalue weighted by molar-refractivity contribution is 5.79. The van der Waals surface area contributed by atoms with Crippen molar-refractivity contribution in [1.29, 1.82) is 0 Å². The van der Waals surface area contributed by atoms with E-state index < -0.39 is 29.7 Å². The first kappa shape index (κ1) is 22.5. The molecular weight excluding hydrogens is 463 g/mol. The summed E-state index contributed by atoms with van der Waals surface area (Å²) in [7, 11) is 2.56. The number of aromatic nitrogens is 3. The van der Waals surface area contributed by atoms with Crippen molar-refractivity contribution in [3.05, 3.63) is 39.2 Å². The van der Waals surface area contributed by atoms with Crippen LogP contribution in [0.3, 0.4) is 0 Å². The van der Waals surface area contributed by atoms with Gasteiger partial charge in [0, 0.05) is 33.2 Å². The van der Waals surface area contributed by atoms with Crippen molar-refractivity contribution >= 4 is 17.5 Å². The van der Waals surface area contributed by atoms with Crippen LogP contribution in [-0.2, 0) is 30.3 Å². The molecule has 5 heterocycles. The number of anilines is 2. The molecule has 0 spiro atoms. The van der Waals surface area contributed by atoms with Gasteiger partial charge in [-0.1, -0.05) is 0 Å². The molecule has 5 rings (SSSR count). The first-order valence-electron chi connectivity index (χ1n) is 10.6. The molecular formula is C19H22F3N7O5. The number of hydroxylamine groups is 1. The van der Waals surface area contributed by atoms with Crippen LogP contribution >= 0.6 is 0 Å². The fourth-order valence-corrected chi connectivity index (χ4v) is 5.02. The monoisotopic (exact) mass is 485 g/mol. The Kier molecular flexibility index (Phi) is 5.20. The lowest BCUT2D eigenvalue weighted by Gasteiger charge is -2.39. The minimum Gasteiger partial charge on any atom is -0.447 e. The van der Waals surface area contributed by atoms with Crippen LogP contribution in [0, 0.1) is 5.92 Å². The van der Waals surface area contributed by atoms with E-state index in [1.165, 1.54) is 31.5 Å². The number of carbonyl (C=O) groups is 1. The number of halogens is 3. The fraction of sp³-hybridized carbons (Fsp3) is 0.579. The maximum Gasteiger partial charge on any atom is 0.493 e. The smallest absolute Gasteiger partial charge is 0.447 e. The van der Waals surface area contributed by atoms with E-state index in [0.29, 0.717) is 13.1 Å². The normalized spacial score (nSPS) is 24.6. The molecule has 0 radical (unpaired) electrons. The molecule has 2 fully saturated rings. The van der Waals surface area contributed by atoms with Gasteiger partial charge in [-0.25, -0.2) is 14.6 Å². The summed E-state index contributed by atoms with van der Waals surface area (Å²) in [5.74, 6) is -2.29. The van der Waals surface area contributed by atoms with E-state index >= 15 is 0 Å². The second kappa shape index (κ2) is 7.87. The molecule has 2 aromatic rings. The first-order valence-corrected chi connectivity index (χ1v) is 10.6. The van der Waals surface area contributed by atoms with Gasteiger partial charge in [-0.15, -0.1) is 5.06 Å². The largest absolute Gasteiger partial charge is 0.493 e. The lowest BCUT2D eigenvalue weighted by atomic mass is 10.1.